The molecule has 9 aliphatic rings. The summed E-state index contributed by atoms with van der Waals surface area (Å²) in [4.78, 5) is 196. The highest BCUT2D eigenvalue weighted by Crippen LogP contribution is 2.45. The fraction of sp³-hybridized carbons (Fsp3) is 0.850. The standard InChI is InChI=1S/C80H128ClF3N12O12/c1-11-51(4)68-76(106)89(6)49-67(99)95-41-36-60(95)74(104)91(8)63(44-52-26-16-12-17-27-52)73(103)88(5)48-65(97)85-59(35-33-53-32-34-57(58(81)43-53)80(82,83)84)72(102)96-47-56(54-28-18-13-19-29-54)45-62(96)71(101)87-79(37-22-23-38-79)78(108)93(10)69(55-30-20-14-21-31-55)77(107)92(9)64(75(105)94-39-24-15-25-40-94)46-66(98)90(7)61(42-50(2)3)70(100)86-68/h50-64,68-69H,11-49H2,1-10H3,(H,85,97)(H,86,100)(H,87,101)/t51-,53?,56+,57?,58?,59-,60-,61-,62-,63-,64-,68-,69-/m0/s1. The normalized spacial score (nSPS) is 31.6. The maximum absolute atomic E-state index is 16.1. The number of likely N-dealkylation sites (N-methyl/N-ethyl adjacent to an activating group) is 6. The minimum absolute atomic E-state index is 0.00964. The van der Waals surface area contributed by atoms with E-state index in [1.165, 1.54) is 74.4 Å². The first-order valence-corrected chi connectivity index (χ1v) is 41.8. The molecule has 12 amide bonds. The number of piperidine rings is 1. The maximum Gasteiger partial charge on any atom is 0.393 e. The summed E-state index contributed by atoms with van der Waals surface area (Å²) in [5.41, 5.74) is -1.56. The molecular formula is C80H128ClF3N12O12. The molecule has 608 valence electrons. The van der Waals surface area contributed by atoms with E-state index < -0.39 is 174 Å². The number of rotatable bonds is 12. The Hall–Kier alpha value is -6.28. The second-order valence-corrected chi connectivity index (χ2v) is 35.1. The molecular weight excluding hydrogens is 1410 g/mol. The predicted molar refractivity (Wildman–Crippen MR) is 402 cm³/mol. The lowest BCUT2D eigenvalue weighted by molar-refractivity contribution is -0.182. The smallest absolute Gasteiger partial charge is 0.343 e. The van der Waals surface area contributed by atoms with Crippen LogP contribution in [0.1, 0.15) is 240 Å². The summed E-state index contributed by atoms with van der Waals surface area (Å²) in [6, 6.07) is -9.50. The molecule has 0 aromatic rings. The molecule has 3 N–H and O–H groups in total. The number of halogens is 4. The van der Waals surface area contributed by atoms with Crippen molar-refractivity contribution >= 4 is 82.5 Å². The van der Waals surface area contributed by atoms with Crippen molar-refractivity contribution in [2.45, 2.75) is 305 Å². The lowest BCUT2D eigenvalue weighted by Gasteiger charge is -2.44. The summed E-state index contributed by atoms with van der Waals surface area (Å²) in [6.45, 7) is 7.47. The van der Waals surface area contributed by atoms with Crippen LogP contribution in [0.2, 0.25) is 0 Å². The van der Waals surface area contributed by atoms with E-state index in [-0.39, 0.29) is 113 Å². The number of carbonyl (C=O) groups is 12. The van der Waals surface area contributed by atoms with Gasteiger partial charge in [-0.2, -0.15) is 13.2 Å². The van der Waals surface area contributed by atoms with Gasteiger partial charge in [-0.15, -0.1) is 11.6 Å². The third-order valence-corrected chi connectivity index (χ3v) is 27.1. The molecule has 4 aliphatic heterocycles. The number of nitrogens with zero attached hydrogens (tertiary/aromatic N) is 9. The monoisotopic (exact) mass is 1540 g/mol. The fourth-order valence-electron chi connectivity index (χ4n) is 19.6. The van der Waals surface area contributed by atoms with E-state index >= 15 is 38.4 Å². The number of carbonyl (C=O) groups excluding carboxylic acids is 12. The van der Waals surface area contributed by atoms with Gasteiger partial charge in [0, 0.05) is 73.8 Å². The minimum Gasteiger partial charge on any atom is -0.343 e. The van der Waals surface area contributed by atoms with Gasteiger partial charge in [0.25, 0.3) is 0 Å². The molecule has 5 saturated carbocycles. The van der Waals surface area contributed by atoms with Crippen LogP contribution in [0.4, 0.5) is 13.2 Å². The molecule has 9 rings (SSSR count). The number of amides is 12. The minimum atomic E-state index is -4.51. The highest BCUT2D eigenvalue weighted by molar-refractivity contribution is 6.21. The Balaban J connectivity index is 1.10. The molecule has 4 heterocycles. The first kappa shape index (κ1) is 85.7. The van der Waals surface area contributed by atoms with Gasteiger partial charge in [-0.3, -0.25) is 57.5 Å². The Bertz CT molecular complexity index is 3170. The SMILES string of the molecule is CC[C@H](C)[C@@H]1NC(=O)[C@H](CC(C)C)N(C)C(=O)C[C@@H](C(=O)N2CCCCC2)N(C)C(=O)[C@H](C2CCCCC2)N(C)C(=O)C2(CCCC2)NC(=O)[C@@H]2C[C@@H](C3CCCCC3)CN2C(=O)[C@H](CCC2CCC(C(F)(F)F)C(Cl)C2)NC(=O)CN(C)C(=O)[C@H](CC2CCCCC2)N(C)C(=O)[C@@H]2CCN2C(=O)CN(C)C1=O. The largest absolute Gasteiger partial charge is 0.393 e. The van der Waals surface area contributed by atoms with Gasteiger partial charge >= 0.3 is 6.18 Å². The van der Waals surface area contributed by atoms with Crippen molar-refractivity contribution < 1.29 is 70.7 Å². The molecule has 1 spiro atoms. The van der Waals surface area contributed by atoms with Gasteiger partial charge in [0.2, 0.25) is 70.9 Å². The molecule has 4 saturated heterocycles. The second-order valence-electron chi connectivity index (χ2n) is 34.5. The van der Waals surface area contributed by atoms with Gasteiger partial charge < -0.3 is 60.0 Å². The molecule has 24 nitrogen and oxygen atoms in total. The van der Waals surface area contributed by atoms with E-state index in [1.807, 2.05) is 20.8 Å². The Morgan fingerprint density at radius 3 is 1.73 bits per heavy atom. The van der Waals surface area contributed by atoms with E-state index in [4.69, 9.17) is 11.6 Å². The number of alkyl halides is 4. The molecule has 108 heavy (non-hydrogen) atoms. The van der Waals surface area contributed by atoms with Gasteiger partial charge in [-0.1, -0.05) is 130 Å². The summed E-state index contributed by atoms with van der Waals surface area (Å²) < 4.78 is 42.6. The average Bonchev–Trinajstić information content (AvgIpc) is 1.30. The van der Waals surface area contributed by atoms with Crippen molar-refractivity contribution in [2.24, 2.45) is 47.3 Å². The van der Waals surface area contributed by atoms with Crippen LogP contribution in [0.25, 0.3) is 0 Å². The Morgan fingerprint density at radius 2 is 1.15 bits per heavy atom. The first-order valence-electron chi connectivity index (χ1n) is 41.3. The third-order valence-electron chi connectivity index (χ3n) is 26.6. The third kappa shape index (κ3) is 20.7. The summed E-state index contributed by atoms with van der Waals surface area (Å²) in [6.07, 6.45) is 12.8. The number of hydrogen-bond donors (Lipinski definition) is 3. The van der Waals surface area contributed by atoms with Gasteiger partial charge in [-0.25, -0.2) is 0 Å². The van der Waals surface area contributed by atoms with Gasteiger partial charge in [-0.05, 0) is 144 Å². The van der Waals surface area contributed by atoms with E-state index in [9.17, 15) is 32.3 Å². The molecule has 0 bridgehead atoms. The Labute approximate surface area is 644 Å². The highest BCUT2D eigenvalue weighted by atomic mass is 35.5. The van der Waals surface area contributed by atoms with Crippen LogP contribution in [0.15, 0.2) is 0 Å². The lowest BCUT2D eigenvalue weighted by Crippen LogP contribution is -2.65. The Kier molecular flexibility index (Phi) is 30.4. The average molecular weight is 1540 g/mol. The first-order chi connectivity index (χ1) is 51.2. The Morgan fingerprint density at radius 1 is 0.546 bits per heavy atom. The zero-order valence-corrected chi connectivity index (χ0v) is 67.1. The van der Waals surface area contributed by atoms with Crippen LogP contribution < -0.4 is 16.0 Å². The van der Waals surface area contributed by atoms with Crippen molar-refractivity contribution in [1.82, 2.24) is 60.0 Å². The quantitative estimate of drug-likeness (QED) is 0.155. The van der Waals surface area contributed by atoms with E-state index in [0.717, 1.165) is 89.9 Å². The fourth-order valence-corrected chi connectivity index (χ4v) is 20.1. The zero-order chi connectivity index (χ0) is 78.6. The van der Waals surface area contributed by atoms with Crippen LogP contribution in [0.5, 0.6) is 0 Å². The predicted octanol–water partition coefficient (Wildman–Crippen LogP) is 8.43. The van der Waals surface area contributed by atoms with E-state index in [0.29, 0.717) is 58.0 Å². The summed E-state index contributed by atoms with van der Waals surface area (Å²) in [5.74, 6) is -10.1. The highest BCUT2D eigenvalue weighted by Gasteiger charge is 2.54. The van der Waals surface area contributed by atoms with Crippen LogP contribution in [-0.2, 0) is 57.5 Å². The molecule has 0 radical (unpaired) electrons. The van der Waals surface area contributed by atoms with Crippen LogP contribution in [0.3, 0.4) is 0 Å². The van der Waals surface area contributed by atoms with E-state index in [1.54, 1.807) is 18.9 Å². The van der Waals surface area contributed by atoms with Gasteiger partial charge in [0.05, 0.1) is 25.4 Å². The molecule has 9 fully saturated rings. The maximum atomic E-state index is 16.1. The number of hydrogen-bond acceptors (Lipinski definition) is 12. The van der Waals surface area contributed by atoms with Crippen molar-refractivity contribution in [2.75, 3.05) is 81.6 Å². The second kappa shape index (κ2) is 38.3. The molecule has 13 atom stereocenters. The summed E-state index contributed by atoms with van der Waals surface area (Å²) in [7, 11) is 8.93. The molecule has 5 aliphatic carbocycles. The molecule has 3 unspecified atom stereocenters. The summed E-state index contributed by atoms with van der Waals surface area (Å²) >= 11 is 6.51. The van der Waals surface area contributed by atoms with Crippen LogP contribution >= 0.6 is 11.6 Å². The summed E-state index contributed by atoms with van der Waals surface area (Å²) in [5, 5.41) is 7.93. The van der Waals surface area contributed by atoms with E-state index in [2.05, 4.69) is 16.0 Å². The number of nitrogens with one attached hydrogen (secondary N) is 3. The zero-order valence-electron chi connectivity index (χ0n) is 66.3. The van der Waals surface area contributed by atoms with Crippen molar-refractivity contribution in [1.29, 1.82) is 0 Å². The van der Waals surface area contributed by atoms with Crippen molar-refractivity contribution in [3.63, 3.8) is 0 Å². The van der Waals surface area contributed by atoms with Crippen LogP contribution in [0, 0.1) is 47.3 Å². The van der Waals surface area contributed by atoms with Crippen molar-refractivity contribution in [3.8, 4) is 0 Å². The van der Waals surface area contributed by atoms with Crippen molar-refractivity contribution in [3.05, 3.63) is 0 Å². The molecule has 0 aromatic carbocycles. The molecule has 0 aromatic heterocycles. The van der Waals surface area contributed by atoms with Crippen LogP contribution in [-0.4, -0.2) is 262 Å². The molecule has 28 heteroatoms. The lowest BCUT2D eigenvalue weighted by atomic mass is 9.78. The van der Waals surface area contributed by atoms with Gasteiger partial charge in [0.15, 0.2) is 0 Å². The number of likely N-dealkylation sites (tertiary alicyclic amines) is 1. The topological polar surface area (TPSA) is 270 Å². The van der Waals surface area contributed by atoms with Gasteiger partial charge in [0.1, 0.15) is 53.9 Å². The number of fused-ring (bicyclic) bond motifs is 2.